The average Bonchev–Trinajstić information content (AvgIpc) is 2.87. The Kier molecular flexibility index (Phi) is 3.65. The van der Waals surface area contributed by atoms with E-state index in [1.165, 1.54) is 30.7 Å². The summed E-state index contributed by atoms with van der Waals surface area (Å²) in [5.41, 5.74) is 2.25. The number of aryl methyl sites for hydroxylation is 1. The number of hydrogen-bond donors (Lipinski definition) is 2. The van der Waals surface area contributed by atoms with E-state index >= 15 is 0 Å². The van der Waals surface area contributed by atoms with Gasteiger partial charge in [-0.05, 0) is 43.2 Å². The number of amides is 1. The molecule has 0 saturated heterocycles. The van der Waals surface area contributed by atoms with Gasteiger partial charge in [-0.25, -0.2) is 13.6 Å². The minimum Gasteiger partial charge on any atom is -0.472 e. The van der Waals surface area contributed by atoms with Gasteiger partial charge in [-0.1, -0.05) is 0 Å². The number of hydrogen-bond acceptors (Lipinski definition) is 4. The molecule has 0 bridgehead atoms. The zero-order valence-corrected chi connectivity index (χ0v) is 11.8. The Morgan fingerprint density at radius 3 is 2.55 bits per heavy atom. The van der Waals surface area contributed by atoms with Gasteiger partial charge >= 0.3 is 0 Å². The van der Waals surface area contributed by atoms with Gasteiger partial charge in [-0.2, -0.15) is 0 Å². The van der Waals surface area contributed by atoms with Crippen molar-refractivity contribution in [3.8, 4) is 0 Å². The number of nitrogens with two attached hydrogens (primary N) is 1. The highest BCUT2D eigenvalue weighted by Crippen LogP contribution is 2.24. The van der Waals surface area contributed by atoms with Crippen LogP contribution in [0.5, 0.6) is 0 Å². The van der Waals surface area contributed by atoms with Crippen LogP contribution in [-0.4, -0.2) is 14.3 Å². The van der Waals surface area contributed by atoms with Gasteiger partial charge in [0.15, 0.2) is 0 Å². The standard InChI is InChI=1S/C13H14N2O4S/c1-8-5-11(20(14,17)18)6-12(9(8)2)15-13(16)10-3-4-19-7-10/h3-7H,1-2H3,(H,15,16)(H2,14,17,18). The van der Waals surface area contributed by atoms with Crippen molar-refractivity contribution in [2.45, 2.75) is 18.7 Å². The summed E-state index contributed by atoms with van der Waals surface area (Å²) in [5.74, 6) is -0.382. The summed E-state index contributed by atoms with van der Waals surface area (Å²) >= 11 is 0. The van der Waals surface area contributed by atoms with Crippen LogP contribution in [0.25, 0.3) is 0 Å². The molecule has 6 nitrogen and oxygen atoms in total. The number of carbonyl (C=O) groups excluding carboxylic acids is 1. The summed E-state index contributed by atoms with van der Waals surface area (Å²) in [6.45, 7) is 3.53. The third kappa shape index (κ3) is 2.89. The lowest BCUT2D eigenvalue weighted by Gasteiger charge is -2.12. The molecule has 106 valence electrons. The highest BCUT2D eigenvalue weighted by atomic mass is 32.2. The Morgan fingerprint density at radius 2 is 2.00 bits per heavy atom. The Labute approximate surface area is 116 Å². The normalized spacial score (nSPS) is 11.3. The molecule has 1 amide bonds. The van der Waals surface area contributed by atoms with Crippen LogP contribution < -0.4 is 10.5 Å². The molecule has 0 aliphatic heterocycles. The molecular weight excluding hydrogens is 280 g/mol. The Bertz CT molecular complexity index is 749. The Balaban J connectivity index is 2.41. The number of nitrogens with one attached hydrogen (secondary N) is 1. The van der Waals surface area contributed by atoms with E-state index in [0.29, 0.717) is 11.3 Å². The van der Waals surface area contributed by atoms with E-state index < -0.39 is 10.0 Å². The zero-order valence-electron chi connectivity index (χ0n) is 11.0. The van der Waals surface area contributed by atoms with Gasteiger partial charge < -0.3 is 9.73 Å². The lowest BCUT2D eigenvalue weighted by molar-refractivity contribution is 0.102. The number of carbonyl (C=O) groups is 1. The van der Waals surface area contributed by atoms with Gasteiger partial charge in [0.25, 0.3) is 5.91 Å². The quantitative estimate of drug-likeness (QED) is 0.900. The summed E-state index contributed by atoms with van der Waals surface area (Å²) in [4.78, 5) is 11.9. The van der Waals surface area contributed by atoms with E-state index in [1.54, 1.807) is 13.8 Å². The molecule has 2 aromatic rings. The van der Waals surface area contributed by atoms with Crippen LogP contribution in [0.1, 0.15) is 21.5 Å². The van der Waals surface area contributed by atoms with Gasteiger partial charge in [0, 0.05) is 5.69 Å². The second-order valence-corrected chi connectivity index (χ2v) is 5.99. The van der Waals surface area contributed by atoms with Crippen molar-refractivity contribution in [3.63, 3.8) is 0 Å². The van der Waals surface area contributed by atoms with Crippen molar-refractivity contribution in [1.29, 1.82) is 0 Å². The van der Waals surface area contributed by atoms with Gasteiger partial charge in [0.1, 0.15) is 6.26 Å². The van der Waals surface area contributed by atoms with Crippen LogP contribution in [0, 0.1) is 13.8 Å². The minimum absolute atomic E-state index is 0.0388. The van der Waals surface area contributed by atoms with E-state index in [2.05, 4.69) is 5.32 Å². The average molecular weight is 294 g/mol. The van der Waals surface area contributed by atoms with Crippen molar-refractivity contribution < 1.29 is 17.6 Å². The highest BCUT2D eigenvalue weighted by molar-refractivity contribution is 7.89. The van der Waals surface area contributed by atoms with Gasteiger partial charge in [0.05, 0.1) is 16.7 Å². The van der Waals surface area contributed by atoms with Crippen molar-refractivity contribution in [2.24, 2.45) is 5.14 Å². The van der Waals surface area contributed by atoms with E-state index in [1.807, 2.05) is 0 Å². The maximum Gasteiger partial charge on any atom is 0.258 e. The van der Waals surface area contributed by atoms with Crippen molar-refractivity contribution >= 4 is 21.6 Å². The largest absolute Gasteiger partial charge is 0.472 e. The van der Waals surface area contributed by atoms with Crippen LogP contribution in [0.3, 0.4) is 0 Å². The first kappa shape index (κ1) is 14.3. The number of furan rings is 1. The monoisotopic (exact) mass is 294 g/mol. The highest BCUT2D eigenvalue weighted by Gasteiger charge is 2.15. The molecule has 0 aliphatic rings. The first-order chi connectivity index (χ1) is 9.29. The first-order valence-electron chi connectivity index (χ1n) is 5.76. The SMILES string of the molecule is Cc1cc(S(N)(=O)=O)cc(NC(=O)c2ccoc2)c1C. The van der Waals surface area contributed by atoms with E-state index in [-0.39, 0.29) is 10.8 Å². The van der Waals surface area contributed by atoms with Crippen LogP contribution in [0.15, 0.2) is 40.0 Å². The molecule has 1 heterocycles. The van der Waals surface area contributed by atoms with Crippen molar-refractivity contribution in [3.05, 3.63) is 47.4 Å². The molecule has 0 fully saturated rings. The summed E-state index contributed by atoms with van der Waals surface area (Å²) < 4.78 is 27.7. The molecule has 1 aromatic carbocycles. The van der Waals surface area contributed by atoms with Crippen LogP contribution in [-0.2, 0) is 10.0 Å². The molecule has 0 spiro atoms. The molecule has 3 N–H and O–H groups in total. The number of anilines is 1. The fourth-order valence-corrected chi connectivity index (χ4v) is 2.33. The maximum atomic E-state index is 11.9. The Hall–Kier alpha value is -2.12. The Morgan fingerprint density at radius 1 is 1.30 bits per heavy atom. The lowest BCUT2D eigenvalue weighted by Crippen LogP contribution is -2.16. The van der Waals surface area contributed by atoms with Gasteiger partial charge in [-0.3, -0.25) is 4.79 Å². The van der Waals surface area contributed by atoms with Gasteiger partial charge in [0.2, 0.25) is 10.0 Å². The fourth-order valence-electron chi connectivity index (χ4n) is 1.71. The van der Waals surface area contributed by atoms with E-state index in [0.717, 1.165) is 11.1 Å². The molecule has 0 aliphatic carbocycles. The summed E-state index contributed by atoms with van der Waals surface area (Å²) in [6, 6.07) is 4.33. The molecule has 7 heteroatoms. The second kappa shape index (κ2) is 5.10. The molecule has 2 rings (SSSR count). The summed E-state index contributed by atoms with van der Waals surface area (Å²) in [5, 5.41) is 7.76. The molecule has 1 aromatic heterocycles. The van der Waals surface area contributed by atoms with Crippen LogP contribution in [0.2, 0.25) is 0 Å². The number of primary sulfonamides is 1. The van der Waals surface area contributed by atoms with Crippen LogP contribution in [0.4, 0.5) is 5.69 Å². The topological polar surface area (TPSA) is 102 Å². The summed E-state index contributed by atoms with van der Waals surface area (Å²) in [7, 11) is -3.82. The van der Waals surface area contributed by atoms with E-state index in [9.17, 15) is 13.2 Å². The number of rotatable bonds is 3. The van der Waals surface area contributed by atoms with Crippen LogP contribution >= 0.6 is 0 Å². The van der Waals surface area contributed by atoms with E-state index in [4.69, 9.17) is 9.56 Å². The second-order valence-electron chi connectivity index (χ2n) is 4.42. The minimum atomic E-state index is -3.82. The molecule has 0 unspecified atom stereocenters. The predicted molar refractivity (Wildman–Crippen MR) is 74.0 cm³/mol. The number of benzene rings is 1. The van der Waals surface area contributed by atoms with Crippen molar-refractivity contribution in [2.75, 3.05) is 5.32 Å². The lowest BCUT2D eigenvalue weighted by atomic mass is 10.1. The third-order valence-corrected chi connectivity index (χ3v) is 3.89. The number of sulfonamides is 1. The molecule has 0 radical (unpaired) electrons. The first-order valence-corrected chi connectivity index (χ1v) is 7.31. The molecule has 20 heavy (non-hydrogen) atoms. The molecule has 0 saturated carbocycles. The van der Waals surface area contributed by atoms with Gasteiger partial charge in [-0.15, -0.1) is 0 Å². The fraction of sp³-hybridized carbons (Fsp3) is 0.154. The molecule has 0 atom stereocenters. The maximum absolute atomic E-state index is 11.9. The van der Waals surface area contributed by atoms with Crippen molar-refractivity contribution in [1.82, 2.24) is 0 Å². The smallest absolute Gasteiger partial charge is 0.258 e. The third-order valence-electron chi connectivity index (χ3n) is 3.00. The molecular formula is C13H14N2O4S. The predicted octanol–water partition coefficient (Wildman–Crippen LogP) is 1.80. The zero-order chi connectivity index (χ0) is 14.9. The summed E-state index contributed by atoms with van der Waals surface area (Å²) in [6.07, 6.45) is 2.69.